The number of hydrazine groups is 1. The van der Waals surface area contributed by atoms with E-state index in [4.69, 9.17) is 10.9 Å². The second kappa shape index (κ2) is 6.51. The first-order chi connectivity index (χ1) is 9.63. The van der Waals surface area contributed by atoms with Crippen molar-refractivity contribution >= 4 is 17.1 Å². The molecule has 0 atom stereocenters. The number of rotatable bonds is 5. The van der Waals surface area contributed by atoms with Crippen LogP contribution in [0.5, 0.6) is 0 Å². The van der Waals surface area contributed by atoms with Crippen molar-refractivity contribution in [1.29, 1.82) is 0 Å². The second-order valence-corrected chi connectivity index (χ2v) is 4.69. The van der Waals surface area contributed by atoms with Crippen molar-refractivity contribution in [2.45, 2.75) is 0 Å². The van der Waals surface area contributed by atoms with Crippen molar-refractivity contribution in [1.82, 2.24) is 4.90 Å². The molecule has 0 unspecified atom stereocenters. The van der Waals surface area contributed by atoms with Crippen molar-refractivity contribution in [3.05, 3.63) is 28.3 Å². The molecule has 1 aromatic carbocycles. The zero-order valence-electron chi connectivity index (χ0n) is 11.2. The Morgan fingerprint density at radius 2 is 2.00 bits per heavy atom. The number of hydrogen-bond acceptors (Lipinski definition) is 7. The Kier molecular flexibility index (Phi) is 4.72. The molecule has 1 fully saturated rings. The molecule has 0 aliphatic carbocycles. The standard InChI is InChI=1S/C12H19N5O3/c13-14-10-7-11(9-12(8-10)17(19)20)16-3-1-15(2-4-16)5-6-18/h7-9,14,18H,1-6,13H2. The summed E-state index contributed by atoms with van der Waals surface area (Å²) in [7, 11) is 0. The topological polar surface area (TPSA) is 108 Å². The van der Waals surface area contributed by atoms with E-state index in [1.807, 2.05) is 0 Å². The van der Waals surface area contributed by atoms with E-state index in [0.29, 0.717) is 12.2 Å². The van der Waals surface area contributed by atoms with Gasteiger partial charge in [0.15, 0.2) is 0 Å². The molecule has 2 rings (SSSR count). The fourth-order valence-electron chi connectivity index (χ4n) is 2.34. The molecule has 1 aliphatic rings. The van der Waals surface area contributed by atoms with Gasteiger partial charge < -0.3 is 15.4 Å². The third-order valence-electron chi connectivity index (χ3n) is 3.43. The maximum atomic E-state index is 10.9. The minimum Gasteiger partial charge on any atom is -0.395 e. The number of aliphatic hydroxyl groups is 1. The Bertz CT molecular complexity index is 474. The number of non-ortho nitro benzene ring substituents is 1. The zero-order chi connectivity index (χ0) is 14.5. The highest BCUT2D eigenvalue weighted by Crippen LogP contribution is 2.27. The van der Waals surface area contributed by atoms with Crippen LogP contribution in [0, 0.1) is 10.1 Å². The van der Waals surface area contributed by atoms with Gasteiger partial charge in [0.1, 0.15) is 0 Å². The molecule has 8 nitrogen and oxygen atoms in total. The number of nitrogens with two attached hydrogens (primary N) is 1. The molecule has 20 heavy (non-hydrogen) atoms. The normalized spacial score (nSPS) is 16.2. The molecule has 4 N–H and O–H groups in total. The number of nitro benzene ring substituents is 1. The summed E-state index contributed by atoms with van der Waals surface area (Å²) in [5.41, 5.74) is 3.79. The summed E-state index contributed by atoms with van der Waals surface area (Å²) >= 11 is 0. The molecule has 0 bridgehead atoms. The Labute approximate surface area is 116 Å². The molecule has 1 saturated heterocycles. The summed E-state index contributed by atoms with van der Waals surface area (Å²) in [4.78, 5) is 14.7. The van der Waals surface area contributed by atoms with E-state index >= 15 is 0 Å². The average molecular weight is 281 g/mol. The lowest BCUT2D eigenvalue weighted by molar-refractivity contribution is -0.384. The number of nitro groups is 1. The molecule has 0 amide bonds. The van der Waals surface area contributed by atoms with Gasteiger partial charge in [0, 0.05) is 50.5 Å². The quantitative estimate of drug-likeness (QED) is 0.396. The molecule has 0 saturated carbocycles. The van der Waals surface area contributed by atoms with Gasteiger partial charge in [-0.25, -0.2) is 0 Å². The lowest BCUT2D eigenvalue weighted by Crippen LogP contribution is -2.47. The number of anilines is 2. The molecule has 0 radical (unpaired) electrons. The molecule has 0 aromatic heterocycles. The van der Waals surface area contributed by atoms with Crippen molar-refractivity contribution in [3.63, 3.8) is 0 Å². The number of hydrogen-bond donors (Lipinski definition) is 3. The largest absolute Gasteiger partial charge is 0.395 e. The number of β-amino-alcohol motifs (C(OH)–C–C–N with tert-alkyl or cyclic N) is 1. The summed E-state index contributed by atoms with van der Waals surface area (Å²) < 4.78 is 0. The molecule has 1 aromatic rings. The van der Waals surface area contributed by atoms with E-state index in [1.54, 1.807) is 12.1 Å². The maximum absolute atomic E-state index is 10.9. The van der Waals surface area contributed by atoms with E-state index in [1.165, 1.54) is 6.07 Å². The first kappa shape index (κ1) is 14.5. The van der Waals surface area contributed by atoms with Crippen LogP contribution in [0.4, 0.5) is 17.1 Å². The van der Waals surface area contributed by atoms with Gasteiger partial charge in [0.2, 0.25) is 0 Å². The predicted octanol–water partition coefficient (Wildman–Crippen LogP) is -0.00530. The fraction of sp³-hybridized carbons (Fsp3) is 0.500. The third kappa shape index (κ3) is 3.35. The Hall–Kier alpha value is -1.90. The van der Waals surface area contributed by atoms with Crippen LogP contribution in [-0.2, 0) is 0 Å². The van der Waals surface area contributed by atoms with Crippen LogP contribution in [0.15, 0.2) is 18.2 Å². The Balaban J connectivity index is 2.12. The highest BCUT2D eigenvalue weighted by atomic mass is 16.6. The van der Waals surface area contributed by atoms with Gasteiger partial charge in [0.05, 0.1) is 17.2 Å². The van der Waals surface area contributed by atoms with Gasteiger partial charge in [-0.1, -0.05) is 0 Å². The van der Waals surface area contributed by atoms with E-state index < -0.39 is 4.92 Å². The molecular weight excluding hydrogens is 262 g/mol. The predicted molar refractivity (Wildman–Crippen MR) is 76.6 cm³/mol. The van der Waals surface area contributed by atoms with Gasteiger partial charge in [-0.2, -0.15) is 0 Å². The number of aliphatic hydroxyl groups excluding tert-OH is 1. The highest BCUT2D eigenvalue weighted by Gasteiger charge is 2.19. The molecule has 1 aliphatic heterocycles. The minimum atomic E-state index is -0.424. The van der Waals surface area contributed by atoms with Crippen LogP contribution in [0.3, 0.4) is 0 Å². The third-order valence-corrected chi connectivity index (χ3v) is 3.43. The zero-order valence-corrected chi connectivity index (χ0v) is 11.2. The summed E-state index contributed by atoms with van der Waals surface area (Å²) in [6, 6.07) is 4.77. The SMILES string of the molecule is NNc1cc(N2CCN(CCO)CC2)cc([N+](=O)[O-])c1. The molecule has 1 heterocycles. The maximum Gasteiger partial charge on any atom is 0.273 e. The summed E-state index contributed by atoms with van der Waals surface area (Å²) in [6.07, 6.45) is 0. The van der Waals surface area contributed by atoms with Gasteiger partial charge >= 0.3 is 0 Å². The van der Waals surface area contributed by atoms with Crippen molar-refractivity contribution in [2.75, 3.05) is 49.7 Å². The number of nitrogens with zero attached hydrogens (tertiary/aromatic N) is 3. The van der Waals surface area contributed by atoms with Gasteiger partial charge in [-0.15, -0.1) is 0 Å². The Morgan fingerprint density at radius 3 is 2.55 bits per heavy atom. The summed E-state index contributed by atoms with van der Waals surface area (Å²) in [6.45, 7) is 4.01. The number of benzene rings is 1. The summed E-state index contributed by atoms with van der Waals surface area (Å²) in [5, 5.41) is 19.8. The fourth-order valence-corrected chi connectivity index (χ4v) is 2.34. The van der Waals surface area contributed by atoms with Crippen LogP contribution in [0.25, 0.3) is 0 Å². The lowest BCUT2D eigenvalue weighted by Gasteiger charge is -2.35. The van der Waals surface area contributed by atoms with Gasteiger partial charge in [-0.3, -0.25) is 20.9 Å². The van der Waals surface area contributed by atoms with Crippen LogP contribution in [-0.4, -0.2) is 54.3 Å². The Morgan fingerprint density at radius 1 is 1.30 bits per heavy atom. The first-order valence-electron chi connectivity index (χ1n) is 6.48. The van der Waals surface area contributed by atoms with E-state index in [9.17, 15) is 10.1 Å². The van der Waals surface area contributed by atoms with E-state index in [0.717, 1.165) is 31.9 Å². The first-order valence-corrected chi connectivity index (χ1v) is 6.48. The van der Waals surface area contributed by atoms with Gasteiger partial charge in [-0.05, 0) is 6.07 Å². The number of piperazine rings is 1. The number of nitrogen functional groups attached to an aromatic ring is 1. The van der Waals surface area contributed by atoms with E-state index in [2.05, 4.69) is 15.2 Å². The van der Waals surface area contributed by atoms with E-state index in [-0.39, 0.29) is 12.3 Å². The molecular formula is C12H19N5O3. The highest BCUT2D eigenvalue weighted by molar-refractivity contribution is 5.64. The monoisotopic (exact) mass is 281 g/mol. The minimum absolute atomic E-state index is 0.0215. The van der Waals surface area contributed by atoms with Crippen LogP contribution < -0.4 is 16.2 Å². The lowest BCUT2D eigenvalue weighted by atomic mass is 10.2. The van der Waals surface area contributed by atoms with Crippen LogP contribution in [0.2, 0.25) is 0 Å². The molecule has 0 spiro atoms. The summed E-state index contributed by atoms with van der Waals surface area (Å²) in [5.74, 6) is 5.35. The second-order valence-electron chi connectivity index (χ2n) is 4.69. The van der Waals surface area contributed by atoms with Crippen molar-refractivity contribution in [2.24, 2.45) is 5.84 Å². The van der Waals surface area contributed by atoms with Crippen LogP contribution in [0.1, 0.15) is 0 Å². The van der Waals surface area contributed by atoms with Gasteiger partial charge in [0.25, 0.3) is 5.69 Å². The average Bonchev–Trinajstić information content (AvgIpc) is 2.47. The number of nitrogens with one attached hydrogen (secondary N) is 1. The van der Waals surface area contributed by atoms with Crippen molar-refractivity contribution in [3.8, 4) is 0 Å². The molecule has 8 heteroatoms. The van der Waals surface area contributed by atoms with Crippen molar-refractivity contribution < 1.29 is 10.0 Å². The molecule has 110 valence electrons. The smallest absolute Gasteiger partial charge is 0.273 e. The van der Waals surface area contributed by atoms with Crippen LogP contribution >= 0.6 is 0 Å².